The van der Waals surface area contributed by atoms with E-state index in [-0.39, 0.29) is 0 Å². The molecule has 2 aromatic rings. The van der Waals surface area contributed by atoms with Gasteiger partial charge in [0.15, 0.2) is 0 Å². The van der Waals surface area contributed by atoms with Crippen LogP contribution < -0.4 is 10.3 Å². The van der Waals surface area contributed by atoms with Crippen LogP contribution in [0.15, 0.2) is 35.4 Å². The van der Waals surface area contributed by atoms with Crippen LogP contribution in [0.3, 0.4) is 0 Å². The topological polar surface area (TPSA) is 53.4 Å². The van der Waals surface area contributed by atoms with Crippen LogP contribution in [0, 0.1) is 13.8 Å². The van der Waals surface area contributed by atoms with Crippen molar-refractivity contribution in [1.82, 2.24) is 9.97 Å². The van der Waals surface area contributed by atoms with E-state index in [2.05, 4.69) is 49.7 Å². The van der Waals surface area contributed by atoms with E-state index in [9.17, 15) is 0 Å². The Balaban J connectivity index is 1.68. The third kappa shape index (κ3) is 4.78. The van der Waals surface area contributed by atoms with Crippen LogP contribution in [0.4, 0.5) is 11.6 Å². The number of anilines is 2. The van der Waals surface area contributed by atoms with Crippen LogP contribution >= 0.6 is 0 Å². The van der Waals surface area contributed by atoms with Gasteiger partial charge in [0.1, 0.15) is 0 Å². The van der Waals surface area contributed by atoms with Crippen molar-refractivity contribution in [3.05, 3.63) is 47.3 Å². The van der Waals surface area contributed by atoms with Crippen molar-refractivity contribution in [3.8, 4) is 0 Å². The first-order valence-corrected chi connectivity index (χ1v) is 9.10. The molecule has 5 heteroatoms. The molecule has 25 heavy (non-hydrogen) atoms. The fourth-order valence-electron chi connectivity index (χ4n) is 3.22. The van der Waals surface area contributed by atoms with E-state index in [0.717, 1.165) is 35.8 Å². The van der Waals surface area contributed by atoms with Gasteiger partial charge < -0.3 is 4.90 Å². The molecule has 1 N–H and O–H groups in total. The SMILES string of the molecule is C/C(=N/Nc1nc(C)cc(C)n1)c1ccc(N2CCCCCC2)cc1. The van der Waals surface area contributed by atoms with Crippen molar-refractivity contribution in [1.29, 1.82) is 0 Å². The van der Waals surface area contributed by atoms with Gasteiger partial charge in [-0.3, -0.25) is 0 Å². The number of hydrazone groups is 1. The fraction of sp³-hybridized carbons (Fsp3) is 0.450. The Labute approximate surface area is 150 Å². The van der Waals surface area contributed by atoms with Crippen molar-refractivity contribution < 1.29 is 0 Å². The third-order valence-electron chi connectivity index (χ3n) is 4.56. The van der Waals surface area contributed by atoms with Gasteiger partial charge in [0.05, 0.1) is 5.71 Å². The van der Waals surface area contributed by atoms with Crippen molar-refractivity contribution in [3.63, 3.8) is 0 Å². The van der Waals surface area contributed by atoms with Gasteiger partial charge in [-0.1, -0.05) is 25.0 Å². The molecular formula is C20H27N5. The van der Waals surface area contributed by atoms with Gasteiger partial charge in [0.2, 0.25) is 5.95 Å². The number of aromatic nitrogens is 2. The molecule has 0 saturated carbocycles. The van der Waals surface area contributed by atoms with Crippen LogP contribution in [0.2, 0.25) is 0 Å². The van der Waals surface area contributed by atoms with Gasteiger partial charge in [0, 0.05) is 30.2 Å². The monoisotopic (exact) mass is 337 g/mol. The maximum Gasteiger partial charge on any atom is 0.243 e. The van der Waals surface area contributed by atoms with Gasteiger partial charge in [0.25, 0.3) is 0 Å². The standard InChI is InChI=1S/C20H27N5/c1-15-14-16(2)22-20(21-15)24-23-17(3)18-8-10-19(11-9-18)25-12-6-4-5-7-13-25/h8-11,14H,4-7,12-13H2,1-3H3,(H,21,22,24)/b23-17-. The highest BCUT2D eigenvalue weighted by molar-refractivity contribution is 5.99. The molecule has 2 heterocycles. The lowest BCUT2D eigenvalue weighted by molar-refractivity contribution is 0.726. The van der Waals surface area contributed by atoms with E-state index in [1.807, 2.05) is 26.8 Å². The lowest BCUT2D eigenvalue weighted by Gasteiger charge is -2.22. The van der Waals surface area contributed by atoms with Gasteiger partial charge in [-0.25, -0.2) is 15.4 Å². The van der Waals surface area contributed by atoms with Crippen molar-refractivity contribution in [2.75, 3.05) is 23.4 Å². The zero-order chi connectivity index (χ0) is 17.6. The largest absolute Gasteiger partial charge is 0.372 e. The minimum atomic E-state index is 0.540. The molecule has 0 bridgehead atoms. The van der Waals surface area contributed by atoms with Crippen molar-refractivity contribution in [2.24, 2.45) is 5.10 Å². The smallest absolute Gasteiger partial charge is 0.243 e. The molecular weight excluding hydrogens is 310 g/mol. The molecule has 1 fully saturated rings. The molecule has 0 spiro atoms. The summed E-state index contributed by atoms with van der Waals surface area (Å²) in [7, 11) is 0. The molecule has 0 amide bonds. The quantitative estimate of drug-likeness (QED) is 0.667. The minimum absolute atomic E-state index is 0.540. The predicted molar refractivity (Wildman–Crippen MR) is 104 cm³/mol. The molecule has 1 aliphatic heterocycles. The lowest BCUT2D eigenvalue weighted by atomic mass is 10.1. The summed E-state index contributed by atoms with van der Waals surface area (Å²) in [6.07, 6.45) is 5.29. The second-order valence-electron chi connectivity index (χ2n) is 6.73. The van der Waals surface area contributed by atoms with Gasteiger partial charge in [-0.15, -0.1) is 0 Å². The molecule has 1 aromatic heterocycles. The van der Waals surface area contributed by atoms with E-state index < -0.39 is 0 Å². The number of nitrogens with one attached hydrogen (secondary N) is 1. The number of benzene rings is 1. The molecule has 5 nitrogen and oxygen atoms in total. The van der Waals surface area contributed by atoms with Crippen LogP contribution in [0.25, 0.3) is 0 Å². The molecule has 0 unspecified atom stereocenters. The molecule has 132 valence electrons. The van der Waals surface area contributed by atoms with Gasteiger partial charge in [-0.2, -0.15) is 5.10 Å². The highest BCUT2D eigenvalue weighted by Crippen LogP contribution is 2.20. The second kappa shape index (κ2) is 8.10. The number of hydrogen-bond acceptors (Lipinski definition) is 5. The summed E-state index contributed by atoms with van der Waals surface area (Å²) in [5, 5.41) is 4.43. The van der Waals surface area contributed by atoms with Crippen LogP contribution in [-0.2, 0) is 0 Å². The number of nitrogens with zero attached hydrogens (tertiary/aromatic N) is 4. The van der Waals surface area contributed by atoms with Crippen LogP contribution in [0.1, 0.15) is 49.6 Å². The molecule has 1 aliphatic rings. The Hall–Kier alpha value is -2.43. The van der Waals surface area contributed by atoms with Gasteiger partial charge >= 0.3 is 0 Å². The molecule has 0 atom stereocenters. The Morgan fingerprint density at radius 2 is 1.56 bits per heavy atom. The molecule has 1 saturated heterocycles. The first-order chi connectivity index (χ1) is 12.1. The summed E-state index contributed by atoms with van der Waals surface area (Å²) in [6.45, 7) is 8.24. The molecule has 1 aromatic carbocycles. The lowest BCUT2D eigenvalue weighted by Crippen LogP contribution is -2.23. The van der Waals surface area contributed by atoms with Gasteiger partial charge in [-0.05, 0) is 57.4 Å². The average Bonchev–Trinajstić information content (AvgIpc) is 2.88. The number of rotatable bonds is 4. The summed E-state index contributed by atoms with van der Waals surface area (Å²) in [5.74, 6) is 0.540. The fourth-order valence-corrected chi connectivity index (χ4v) is 3.22. The molecule has 0 radical (unpaired) electrons. The Bertz CT molecular complexity index is 708. The van der Waals surface area contributed by atoms with E-state index in [0.29, 0.717) is 5.95 Å². The maximum absolute atomic E-state index is 4.43. The normalized spacial score (nSPS) is 15.8. The molecule has 0 aliphatic carbocycles. The summed E-state index contributed by atoms with van der Waals surface area (Å²) in [5.41, 5.74) is 8.17. The zero-order valence-corrected chi connectivity index (χ0v) is 15.4. The van der Waals surface area contributed by atoms with Crippen LogP contribution in [-0.4, -0.2) is 28.8 Å². The summed E-state index contributed by atoms with van der Waals surface area (Å²) < 4.78 is 0. The minimum Gasteiger partial charge on any atom is -0.372 e. The van der Waals surface area contributed by atoms with E-state index >= 15 is 0 Å². The van der Waals surface area contributed by atoms with Crippen LogP contribution in [0.5, 0.6) is 0 Å². The van der Waals surface area contributed by atoms with E-state index in [4.69, 9.17) is 0 Å². The highest BCUT2D eigenvalue weighted by Gasteiger charge is 2.10. The third-order valence-corrected chi connectivity index (χ3v) is 4.56. The van der Waals surface area contributed by atoms with E-state index in [1.165, 1.54) is 31.4 Å². The van der Waals surface area contributed by atoms with Crippen molar-refractivity contribution >= 4 is 17.3 Å². The van der Waals surface area contributed by atoms with Crippen molar-refractivity contribution in [2.45, 2.75) is 46.5 Å². The summed E-state index contributed by atoms with van der Waals surface area (Å²) >= 11 is 0. The summed E-state index contributed by atoms with van der Waals surface area (Å²) in [6, 6.07) is 10.6. The Kier molecular flexibility index (Phi) is 5.64. The first kappa shape index (κ1) is 17.4. The number of aryl methyl sites for hydroxylation is 2. The van der Waals surface area contributed by atoms with E-state index in [1.54, 1.807) is 0 Å². The number of hydrogen-bond donors (Lipinski definition) is 1. The summed E-state index contributed by atoms with van der Waals surface area (Å²) in [4.78, 5) is 11.2. The predicted octanol–water partition coefficient (Wildman–Crippen LogP) is 4.31. The first-order valence-electron chi connectivity index (χ1n) is 9.10. The maximum atomic E-state index is 4.43. The zero-order valence-electron chi connectivity index (χ0n) is 15.4. The molecule has 3 rings (SSSR count). The second-order valence-corrected chi connectivity index (χ2v) is 6.73. The highest BCUT2D eigenvalue weighted by atomic mass is 15.4. The average molecular weight is 337 g/mol. The Morgan fingerprint density at radius 1 is 0.960 bits per heavy atom. The Morgan fingerprint density at radius 3 is 2.16 bits per heavy atom.